The zero-order chi connectivity index (χ0) is 24.0. The van der Waals surface area contributed by atoms with Crippen molar-refractivity contribution >= 4 is 45.8 Å². The van der Waals surface area contributed by atoms with Crippen LogP contribution in [-0.4, -0.2) is 79.1 Å². The van der Waals surface area contributed by atoms with Gasteiger partial charge in [-0.05, 0) is 31.3 Å². The van der Waals surface area contributed by atoms with E-state index in [0.717, 1.165) is 48.4 Å². The SMILES string of the molecule is O=C1NCCN1CC1(Nc2nc(N3CC=C(c4ncc(Cl)cn4)CC3)nc3c2[S@](=O)CC3)CCC1. The number of fused-ring (bicyclic) bond motifs is 1. The van der Waals surface area contributed by atoms with Crippen molar-refractivity contribution in [1.29, 1.82) is 0 Å². The highest BCUT2D eigenvalue weighted by atomic mass is 35.5. The summed E-state index contributed by atoms with van der Waals surface area (Å²) in [4.78, 5) is 35.3. The van der Waals surface area contributed by atoms with Crippen LogP contribution in [0.4, 0.5) is 16.6 Å². The quantitative estimate of drug-likeness (QED) is 0.603. The van der Waals surface area contributed by atoms with Gasteiger partial charge in [0.2, 0.25) is 5.95 Å². The normalized spacial score (nSPS) is 22.9. The number of amides is 2. The Hall–Kier alpha value is -2.79. The predicted molar refractivity (Wildman–Crippen MR) is 134 cm³/mol. The predicted octanol–water partition coefficient (Wildman–Crippen LogP) is 2.24. The number of rotatable bonds is 6. The number of hydrogen-bond acceptors (Lipinski definition) is 8. The Bertz CT molecular complexity index is 1220. The van der Waals surface area contributed by atoms with Gasteiger partial charge in [0, 0.05) is 57.3 Å². The van der Waals surface area contributed by atoms with Crippen LogP contribution >= 0.6 is 11.6 Å². The van der Waals surface area contributed by atoms with Crippen molar-refractivity contribution in [2.45, 2.75) is 42.5 Å². The fraction of sp³-hybridized carbons (Fsp3) is 0.522. The van der Waals surface area contributed by atoms with E-state index in [1.807, 2.05) is 4.90 Å². The Labute approximate surface area is 211 Å². The van der Waals surface area contributed by atoms with E-state index in [1.54, 1.807) is 12.4 Å². The summed E-state index contributed by atoms with van der Waals surface area (Å²) in [7, 11) is -1.12. The average Bonchev–Trinajstić information content (AvgIpc) is 3.43. The molecule has 2 aromatic heterocycles. The molecule has 35 heavy (non-hydrogen) atoms. The second kappa shape index (κ2) is 9.02. The summed E-state index contributed by atoms with van der Waals surface area (Å²) in [5.74, 6) is 2.57. The lowest BCUT2D eigenvalue weighted by Gasteiger charge is -2.45. The summed E-state index contributed by atoms with van der Waals surface area (Å²) in [5, 5.41) is 7.05. The molecule has 0 bridgehead atoms. The van der Waals surface area contributed by atoms with E-state index in [2.05, 4.69) is 31.6 Å². The van der Waals surface area contributed by atoms with Gasteiger partial charge in [-0.15, -0.1) is 0 Å². The fourth-order valence-corrected chi connectivity index (χ4v) is 6.55. The molecule has 0 unspecified atom stereocenters. The van der Waals surface area contributed by atoms with Gasteiger partial charge in [0.05, 0.1) is 27.1 Å². The Morgan fingerprint density at radius 3 is 2.66 bits per heavy atom. The second-order valence-electron chi connectivity index (χ2n) is 9.51. The van der Waals surface area contributed by atoms with Crippen molar-refractivity contribution in [3.8, 4) is 0 Å². The molecule has 0 aromatic carbocycles. The van der Waals surface area contributed by atoms with Gasteiger partial charge in [-0.25, -0.2) is 19.7 Å². The summed E-state index contributed by atoms with van der Waals surface area (Å²) in [6.45, 7) is 3.38. The number of carbonyl (C=O) groups excluding carboxylic acids is 1. The monoisotopic (exact) mass is 514 g/mol. The number of carbonyl (C=O) groups is 1. The molecule has 2 fully saturated rings. The standard InChI is InChI=1S/C23H27ClN8O2S/c24-16-12-26-19(27-13-16)15-2-8-31(9-3-15)21-28-17-4-11-35(34)18(17)20(29-21)30-23(5-1-6-23)14-32-10-7-25-22(32)33/h2,12-13H,1,3-11,14H2,(H,25,33)(H,28,29,30)/t35-/m1/s1. The van der Waals surface area contributed by atoms with Gasteiger partial charge in [0.25, 0.3) is 0 Å². The van der Waals surface area contributed by atoms with Crippen LogP contribution in [0.5, 0.6) is 0 Å². The summed E-state index contributed by atoms with van der Waals surface area (Å²) in [5.41, 5.74) is 1.70. The molecule has 184 valence electrons. The van der Waals surface area contributed by atoms with E-state index in [1.165, 1.54) is 0 Å². The van der Waals surface area contributed by atoms with E-state index in [0.29, 0.717) is 61.0 Å². The van der Waals surface area contributed by atoms with Gasteiger partial charge >= 0.3 is 6.03 Å². The summed E-state index contributed by atoms with van der Waals surface area (Å²) in [6.07, 6.45) is 9.78. The van der Waals surface area contributed by atoms with Gasteiger partial charge < -0.3 is 20.4 Å². The molecule has 1 saturated heterocycles. The van der Waals surface area contributed by atoms with Crippen LogP contribution in [-0.2, 0) is 17.2 Å². The lowest BCUT2D eigenvalue weighted by Crippen LogP contribution is -2.54. The molecule has 5 heterocycles. The molecule has 2 N–H and O–H groups in total. The molecular weight excluding hydrogens is 488 g/mol. The van der Waals surface area contributed by atoms with Crippen molar-refractivity contribution in [1.82, 2.24) is 30.2 Å². The topological polar surface area (TPSA) is 116 Å². The molecule has 1 aliphatic carbocycles. The Morgan fingerprint density at radius 1 is 1.17 bits per heavy atom. The van der Waals surface area contributed by atoms with Crippen LogP contribution < -0.4 is 15.5 Å². The molecule has 0 spiro atoms. The number of urea groups is 1. The summed E-state index contributed by atoms with van der Waals surface area (Å²) >= 11 is 5.92. The first-order valence-corrected chi connectivity index (χ1v) is 13.7. The van der Waals surface area contributed by atoms with Crippen LogP contribution in [0.25, 0.3) is 5.57 Å². The number of halogens is 1. The van der Waals surface area contributed by atoms with E-state index >= 15 is 0 Å². The third kappa shape index (κ3) is 4.35. The van der Waals surface area contributed by atoms with Crippen molar-refractivity contribution in [3.05, 3.63) is 35.0 Å². The van der Waals surface area contributed by atoms with Crippen molar-refractivity contribution in [2.75, 3.05) is 48.7 Å². The largest absolute Gasteiger partial charge is 0.362 e. The van der Waals surface area contributed by atoms with E-state index in [4.69, 9.17) is 21.6 Å². The summed E-state index contributed by atoms with van der Waals surface area (Å²) < 4.78 is 12.9. The van der Waals surface area contributed by atoms with Crippen LogP contribution in [0, 0.1) is 0 Å². The maximum Gasteiger partial charge on any atom is 0.317 e. The van der Waals surface area contributed by atoms with Crippen LogP contribution in [0.2, 0.25) is 5.02 Å². The molecule has 10 nitrogen and oxygen atoms in total. The van der Waals surface area contributed by atoms with Gasteiger partial charge in [0.15, 0.2) is 5.82 Å². The molecule has 1 saturated carbocycles. The minimum Gasteiger partial charge on any atom is -0.362 e. The Balaban J connectivity index is 1.26. The van der Waals surface area contributed by atoms with Gasteiger partial charge in [-0.3, -0.25) is 4.21 Å². The molecule has 2 aromatic rings. The number of aromatic nitrogens is 4. The zero-order valence-corrected chi connectivity index (χ0v) is 20.9. The fourth-order valence-electron chi connectivity index (χ4n) is 5.15. The molecule has 2 amide bonds. The number of nitrogens with zero attached hydrogens (tertiary/aromatic N) is 6. The maximum atomic E-state index is 12.9. The first-order chi connectivity index (χ1) is 17.0. The zero-order valence-electron chi connectivity index (χ0n) is 19.3. The van der Waals surface area contributed by atoms with Gasteiger partial charge in [-0.1, -0.05) is 17.7 Å². The van der Waals surface area contributed by atoms with Crippen molar-refractivity contribution in [3.63, 3.8) is 0 Å². The first-order valence-electron chi connectivity index (χ1n) is 12.0. The lowest BCUT2D eigenvalue weighted by molar-refractivity contribution is 0.177. The van der Waals surface area contributed by atoms with E-state index in [-0.39, 0.29) is 11.6 Å². The van der Waals surface area contributed by atoms with Crippen molar-refractivity contribution in [2.24, 2.45) is 0 Å². The number of aryl methyl sites for hydroxylation is 1. The average molecular weight is 515 g/mol. The van der Waals surface area contributed by atoms with E-state index < -0.39 is 10.8 Å². The lowest BCUT2D eigenvalue weighted by atomic mass is 9.76. The molecule has 6 rings (SSSR count). The molecule has 1 atom stereocenters. The molecule has 3 aliphatic heterocycles. The third-order valence-electron chi connectivity index (χ3n) is 7.21. The highest BCUT2D eigenvalue weighted by Gasteiger charge is 2.42. The summed E-state index contributed by atoms with van der Waals surface area (Å²) in [6, 6.07) is -0.0177. The van der Waals surface area contributed by atoms with Crippen LogP contribution in [0.3, 0.4) is 0 Å². The van der Waals surface area contributed by atoms with Crippen LogP contribution in [0.1, 0.15) is 37.2 Å². The highest BCUT2D eigenvalue weighted by molar-refractivity contribution is 7.85. The number of hydrogen-bond donors (Lipinski definition) is 2. The Morgan fingerprint density at radius 2 is 2.00 bits per heavy atom. The number of nitrogens with one attached hydrogen (secondary N) is 2. The van der Waals surface area contributed by atoms with E-state index in [9.17, 15) is 9.00 Å². The number of anilines is 2. The molecular formula is C23H27ClN8O2S. The van der Waals surface area contributed by atoms with Gasteiger partial charge in [-0.2, -0.15) is 4.98 Å². The minimum absolute atomic E-state index is 0.0177. The van der Waals surface area contributed by atoms with Crippen LogP contribution in [0.15, 0.2) is 23.4 Å². The van der Waals surface area contributed by atoms with Gasteiger partial charge in [0.1, 0.15) is 10.7 Å². The molecule has 0 radical (unpaired) electrons. The van der Waals surface area contributed by atoms with Crippen molar-refractivity contribution < 1.29 is 9.00 Å². The Kier molecular flexibility index (Phi) is 5.84. The molecule has 12 heteroatoms. The smallest absolute Gasteiger partial charge is 0.317 e. The minimum atomic E-state index is -1.12. The third-order valence-corrected chi connectivity index (χ3v) is 8.86. The molecule has 4 aliphatic rings. The maximum absolute atomic E-state index is 12.9. The first kappa shape index (κ1) is 22.7. The second-order valence-corrected chi connectivity index (χ2v) is 11.5. The highest BCUT2D eigenvalue weighted by Crippen LogP contribution is 2.39.